The van der Waals surface area contributed by atoms with Gasteiger partial charge in [0.15, 0.2) is 5.75 Å². The van der Waals surface area contributed by atoms with Gasteiger partial charge in [0.2, 0.25) is 0 Å². The van der Waals surface area contributed by atoms with Gasteiger partial charge in [-0.1, -0.05) is 76.2 Å². The summed E-state index contributed by atoms with van der Waals surface area (Å²) in [6.45, 7) is 0.287. The Kier molecular flexibility index (Phi) is 7.35. The summed E-state index contributed by atoms with van der Waals surface area (Å²) in [6.07, 6.45) is 1.65. The van der Waals surface area contributed by atoms with Gasteiger partial charge in [0.05, 0.1) is 26.7 Å². The lowest BCUT2D eigenvalue weighted by Crippen LogP contribution is -1.97. The Bertz CT molecular complexity index is 1090. The first-order valence-corrected chi connectivity index (χ1v) is 10.2. The maximum atomic E-state index is 9.55. The maximum absolute atomic E-state index is 9.55. The van der Waals surface area contributed by atoms with E-state index < -0.39 is 0 Å². The van der Waals surface area contributed by atoms with Crippen molar-refractivity contribution in [2.24, 2.45) is 0 Å². The first-order chi connectivity index (χ1) is 13.9. The zero-order valence-electron chi connectivity index (χ0n) is 14.7. The van der Waals surface area contributed by atoms with Gasteiger partial charge in [-0.05, 0) is 53.6 Å². The molecule has 0 atom stereocenters. The van der Waals surface area contributed by atoms with Crippen LogP contribution in [0, 0.1) is 11.3 Å². The van der Waals surface area contributed by atoms with Gasteiger partial charge in [0.25, 0.3) is 0 Å². The Balaban J connectivity index is 1.86. The van der Waals surface area contributed by atoms with Crippen molar-refractivity contribution in [1.29, 1.82) is 5.26 Å². The van der Waals surface area contributed by atoms with E-state index in [-0.39, 0.29) is 6.61 Å². The van der Waals surface area contributed by atoms with Crippen molar-refractivity contribution in [2.45, 2.75) is 6.61 Å². The van der Waals surface area contributed by atoms with E-state index in [4.69, 9.17) is 62.7 Å². The Morgan fingerprint density at radius 2 is 1.45 bits per heavy atom. The van der Waals surface area contributed by atoms with Crippen molar-refractivity contribution in [3.8, 4) is 11.8 Å². The lowest BCUT2D eigenvalue weighted by molar-refractivity contribution is 0.306. The van der Waals surface area contributed by atoms with Crippen LogP contribution in [0.15, 0.2) is 54.6 Å². The van der Waals surface area contributed by atoms with Crippen LogP contribution in [0.25, 0.3) is 11.6 Å². The van der Waals surface area contributed by atoms with E-state index in [9.17, 15) is 5.26 Å². The molecule has 0 amide bonds. The molecule has 0 unspecified atom stereocenters. The Labute approximate surface area is 193 Å². The first-order valence-electron chi connectivity index (χ1n) is 8.31. The second-order valence-electron chi connectivity index (χ2n) is 6.02. The topological polar surface area (TPSA) is 33.0 Å². The molecule has 29 heavy (non-hydrogen) atoms. The van der Waals surface area contributed by atoms with E-state index in [2.05, 4.69) is 6.07 Å². The van der Waals surface area contributed by atoms with Crippen LogP contribution < -0.4 is 4.74 Å². The molecule has 7 heteroatoms. The van der Waals surface area contributed by atoms with Crippen LogP contribution in [0.3, 0.4) is 0 Å². The molecule has 0 aliphatic carbocycles. The molecule has 0 bridgehead atoms. The fourth-order valence-electron chi connectivity index (χ4n) is 2.58. The quantitative estimate of drug-likeness (QED) is 0.269. The third-order valence-corrected chi connectivity index (χ3v) is 5.33. The van der Waals surface area contributed by atoms with E-state index in [1.165, 1.54) is 0 Å². The Morgan fingerprint density at radius 1 is 0.828 bits per heavy atom. The molecule has 0 aliphatic rings. The van der Waals surface area contributed by atoms with E-state index in [0.29, 0.717) is 47.6 Å². The molecule has 0 spiro atoms. The minimum atomic E-state index is 0.287. The number of allylic oxidation sites excluding steroid dienone is 1. The highest BCUT2D eigenvalue weighted by molar-refractivity contribution is 6.37. The molecule has 0 saturated carbocycles. The van der Waals surface area contributed by atoms with Crippen LogP contribution in [0.2, 0.25) is 25.1 Å². The molecule has 0 fully saturated rings. The fourth-order valence-corrected chi connectivity index (χ4v) is 3.83. The predicted molar refractivity (Wildman–Crippen MR) is 122 cm³/mol. The predicted octanol–water partition coefficient (Wildman–Crippen LogP) is 8.60. The molecule has 0 N–H and O–H groups in total. The number of nitrogens with zero attached hydrogens (tertiary/aromatic N) is 1. The minimum Gasteiger partial charge on any atom is -0.486 e. The van der Waals surface area contributed by atoms with Crippen LogP contribution in [0.4, 0.5) is 0 Å². The molecule has 3 aromatic rings. The third-order valence-electron chi connectivity index (χ3n) is 3.97. The first kappa shape index (κ1) is 21.8. The summed E-state index contributed by atoms with van der Waals surface area (Å²) >= 11 is 30.7. The lowest BCUT2D eigenvalue weighted by atomic mass is 10.0. The van der Waals surface area contributed by atoms with Crippen LogP contribution in [0.1, 0.15) is 16.7 Å². The van der Waals surface area contributed by atoms with Gasteiger partial charge < -0.3 is 4.74 Å². The molecule has 3 aromatic carbocycles. The third kappa shape index (κ3) is 5.60. The van der Waals surface area contributed by atoms with Gasteiger partial charge >= 0.3 is 0 Å². The highest BCUT2D eigenvalue weighted by Gasteiger charge is 2.12. The molecule has 0 aromatic heterocycles. The van der Waals surface area contributed by atoms with E-state index >= 15 is 0 Å². The van der Waals surface area contributed by atoms with Crippen LogP contribution >= 0.6 is 58.0 Å². The summed E-state index contributed by atoms with van der Waals surface area (Å²) in [5, 5.41) is 11.7. The van der Waals surface area contributed by atoms with Crippen molar-refractivity contribution in [3.63, 3.8) is 0 Å². The van der Waals surface area contributed by atoms with Gasteiger partial charge in [-0.25, -0.2) is 0 Å². The van der Waals surface area contributed by atoms with Crippen LogP contribution in [-0.4, -0.2) is 0 Å². The van der Waals surface area contributed by atoms with Crippen molar-refractivity contribution >= 4 is 69.7 Å². The molecular weight excluding hydrogens is 472 g/mol. The zero-order valence-corrected chi connectivity index (χ0v) is 18.5. The number of ether oxygens (including phenoxy) is 1. The van der Waals surface area contributed by atoms with Gasteiger partial charge in [-0.3, -0.25) is 0 Å². The fraction of sp³-hybridized carbons (Fsp3) is 0.0455. The van der Waals surface area contributed by atoms with Crippen molar-refractivity contribution < 1.29 is 4.74 Å². The number of halogens is 5. The summed E-state index contributed by atoms with van der Waals surface area (Å²) in [4.78, 5) is 0. The number of benzene rings is 3. The molecule has 0 heterocycles. The normalized spacial score (nSPS) is 11.2. The standard InChI is InChI=1S/C22H12Cl5NO/c23-16-3-1-13(2-4-16)12-29-22-20(26)8-14(9-21(22)27)7-15(11-28)18-6-5-17(24)10-19(18)25/h1-10H,12H2/b15-7+. The average molecular weight is 484 g/mol. The molecule has 146 valence electrons. The summed E-state index contributed by atoms with van der Waals surface area (Å²) in [5.41, 5.74) is 2.48. The molecule has 0 radical (unpaired) electrons. The van der Waals surface area contributed by atoms with Gasteiger partial charge in [-0.2, -0.15) is 5.26 Å². The lowest BCUT2D eigenvalue weighted by Gasteiger charge is -2.11. The molecule has 0 aliphatic heterocycles. The van der Waals surface area contributed by atoms with E-state index in [0.717, 1.165) is 5.56 Å². The SMILES string of the molecule is N#C/C(=C\c1cc(Cl)c(OCc2ccc(Cl)cc2)c(Cl)c1)c1ccc(Cl)cc1Cl. The number of nitriles is 1. The molecular formula is C22H12Cl5NO. The number of rotatable bonds is 5. The average Bonchev–Trinajstić information content (AvgIpc) is 2.67. The highest BCUT2D eigenvalue weighted by Crippen LogP contribution is 2.36. The van der Waals surface area contributed by atoms with Crippen molar-refractivity contribution in [3.05, 3.63) is 96.4 Å². The summed E-state index contributed by atoms with van der Waals surface area (Å²) in [6, 6.07) is 17.7. The van der Waals surface area contributed by atoms with E-state index in [1.807, 2.05) is 12.1 Å². The monoisotopic (exact) mass is 481 g/mol. The Morgan fingerprint density at radius 3 is 2.03 bits per heavy atom. The van der Waals surface area contributed by atoms with Gasteiger partial charge in [-0.15, -0.1) is 0 Å². The highest BCUT2D eigenvalue weighted by atomic mass is 35.5. The van der Waals surface area contributed by atoms with Gasteiger partial charge in [0.1, 0.15) is 6.61 Å². The number of hydrogen-bond acceptors (Lipinski definition) is 2. The van der Waals surface area contributed by atoms with Crippen molar-refractivity contribution in [1.82, 2.24) is 0 Å². The minimum absolute atomic E-state index is 0.287. The van der Waals surface area contributed by atoms with E-state index in [1.54, 1.807) is 48.5 Å². The zero-order chi connectivity index (χ0) is 21.0. The smallest absolute Gasteiger partial charge is 0.157 e. The van der Waals surface area contributed by atoms with Gasteiger partial charge in [0, 0.05) is 15.6 Å². The summed E-state index contributed by atoms with van der Waals surface area (Å²) in [7, 11) is 0. The second-order valence-corrected chi connectivity index (χ2v) is 8.12. The maximum Gasteiger partial charge on any atom is 0.157 e. The largest absolute Gasteiger partial charge is 0.486 e. The summed E-state index contributed by atoms with van der Waals surface area (Å²) in [5.74, 6) is 0.364. The summed E-state index contributed by atoms with van der Waals surface area (Å²) < 4.78 is 5.77. The Hall–Kier alpha value is -1.86. The molecule has 2 nitrogen and oxygen atoms in total. The molecule has 3 rings (SSSR count). The van der Waals surface area contributed by atoms with Crippen molar-refractivity contribution in [2.75, 3.05) is 0 Å². The molecule has 0 saturated heterocycles. The van der Waals surface area contributed by atoms with Crippen LogP contribution in [-0.2, 0) is 6.61 Å². The second kappa shape index (κ2) is 9.76. The number of hydrogen-bond donors (Lipinski definition) is 0. The van der Waals surface area contributed by atoms with Crippen LogP contribution in [0.5, 0.6) is 5.75 Å².